The molecule has 0 aliphatic heterocycles. The molecule has 0 aliphatic carbocycles. The Hall–Kier alpha value is -3.52. The first-order valence-corrected chi connectivity index (χ1v) is 11.8. The fourth-order valence-corrected chi connectivity index (χ4v) is 4.95. The monoisotopic (exact) mass is 468 g/mol. The Bertz CT molecular complexity index is 1250. The van der Waals surface area contributed by atoms with E-state index in [0.717, 1.165) is 21.0 Å². The third kappa shape index (κ3) is 5.46. The van der Waals surface area contributed by atoms with Crippen LogP contribution < -0.4 is 19.1 Å². The Labute approximate surface area is 195 Å². The lowest BCUT2D eigenvalue weighted by Crippen LogP contribution is -2.38. The molecule has 0 atom stereocenters. The molecule has 174 valence electrons. The summed E-state index contributed by atoms with van der Waals surface area (Å²) in [5.74, 6) is 0.487. The molecule has 0 bridgehead atoms. The van der Waals surface area contributed by atoms with Gasteiger partial charge in [-0.25, -0.2) is 8.42 Å². The molecule has 0 fully saturated rings. The number of ether oxygens (including phenoxy) is 2. The van der Waals surface area contributed by atoms with E-state index in [1.165, 1.54) is 14.2 Å². The van der Waals surface area contributed by atoms with Crippen molar-refractivity contribution in [1.29, 1.82) is 0 Å². The van der Waals surface area contributed by atoms with E-state index >= 15 is 0 Å². The molecule has 0 unspecified atom stereocenters. The molecule has 0 saturated carbocycles. The van der Waals surface area contributed by atoms with Gasteiger partial charge in [-0.1, -0.05) is 35.4 Å². The molecule has 0 heterocycles. The fraction of sp³-hybridized carbons (Fsp3) is 0.240. The van der Waals surface area contributed by atoms with Crippen LogP contribution in [0.3, 0.4) is 0 Å². The number of carbonyl (C=O) groups is 1. The van der Waals surface area contributed by atoms with Crippen LogP contribution in [0.5, 0.6) is 11.5 Å². The molecule has 33 heavy (non-hydrogen) atoms. The van der Waals surface area contributed by atoms with Crippen LogP contribution in [0.15, 0.2) is 65.6 Å². The second-order valence-electron chi connectivity index (χ2n) is 7.73. The van der Waals surface area contributed by atoms with Gasteiger partial charge in [0.1, 0.15) is 6.54 Å². The van der Waals surface area contributed by atoms with Gasteiger partial charge < -0.3 is 14.8 Å². The third-order valence-electron chi connectivity index (χ3n) is 5.18. The number of amides is 1. The average Bonchev–Trinajstić information content (AvgIpc) is 2.78. The van der Waals surface area contributed by atoms with Crippen molar-refractivity contribution >= 4 is 27.3 Å². The van der Waals surface area contributed by atoms with Gasteiger partial charge in [0, 0.05) is 11.8 Å². The smallest absolute Gasteiger partial charge is 0.264 e. The van der Waals surface area contributed by atoms with E-state index in [9.17, 15) is 13.2 Å². The summed E-state index contributed by atoms with van der Waals surface area (Å²) in [5, 5.41) is 2.75. The Morgan fingerprint density at radius 3 is 2.09 bits per heavy atom. The van der Waals surface area contributed by atoms with Crippen LogP contribution in [0.2, 0.25) is 0 Å². The number of aryl methyl sites for hydroxylation is 3. The summed E-state index contributed by atoms with van der Waals surface area (Å²) in [6, 6.07) is 16.9. The summed E-state index contributed by atoms with van der Waals surface area (Å²) in [5.41, 5.74) is 3.61. The van der Waals surface area contributed by atoms with E-state index in [0.29, 0.717) is 22.9 Å². The maximum absolute atomic E-state index is 13.6. The number of methoxy groups -OCH3 is 2. The van der Waals surface area contributed by atoms with E-state index < -0.39 is 22.5 Å². The van der Waals surface area contributed by atoms with Gasteiger partial charge in [0.15, 0.2) is 11.5 Å². The van der Waals surface area contributed by atoms with Crippen molar-refractivity contribution in [2.24, 2.45) is 0 Å². The normalized spacial score (nSPS) is 11.1. The highest BCUT2D eigenvalue weighted by Crippen LogP contribution is 2.31. The summed E-state index contributed by atoms with van der Waals surface area (Å²) >= 11 is 0. The van der Waals surface area contributed by atoms with Crippen LogP contribution in [0.1, 0.15) is 16.7 Å². The molecule has 0 aromatic heterocycles. The predicted octanol–water partition coefficient (Wildman–Crippen LogP) is 4.46. The van der Waals surface area contributed by atoms with E-state index in [1.807, 2.05) is 32.9 Å². The number of hydrogen-bond donors (Lipinski definition) is 1. The lowest BCUT2D eigenvalue weighted by molar-refractivity contribution is -0.114. The number of carbonyl (C=O) groups excluding carboxylic acids is 1. The Morgan fingerprint density at radius 2 is 1.48 bits per heavy atom. The highest BCUT2D eigenvalue weighted by atomic mass is 32.2. The molecule has 7 nitrogen and oxygen atoms in total. The van der Waals surface area contributed by atoms with Crippen molar-refractivity contribution in [2.75, 3.05) is 30.4 Å². The van der Waals surface area contributed by atoms with Crippen LogP contribution in [0.4, 0.5) is 11.4 Å². The highest BCUT2D eigenvalue weighted by molar-refractivity contribution is 7.92. The number of hydrogen-bond acceptors (Lipinski definition) is 5. The minimum Gasteiger partial charge on any atom is -0.493 e. The van der Waals surface area contributed by atoms with Crippen molar-refractivity contribution in [3.63, 3.8) is 0 Å². The van der Waals surface area contributed by atoms with Crippen LogP contribution in [-0.2, 0) is 14.8 Å². The fourth-order valence-electron chi connectivity index (χ4n) is 3.47. The van der Waals surface area contributed by atoms with Crippen molar-refractivity contribution in [2.45, 2.75) is 25.7 Å². The number of benzene rings is 3. The van der Waals surface area contributed by atoms with Crippen molar-refractivity contribution in [1.82, 2.24) is 0 Å². The molecule has 0 aliphatic rings. The van der Waals surface area contributed by atoms with E-state index in [4.69, 9.17) is 9.47 Å². The lowest BCUT2D eigenvalue weighted by atomic mass is 10.1. The molecule has 3 rings (SSSR count). The summed E-state index contributed by atoms with van der Waals surface area (Å²) in [6.07, 6.45) is 0. The second kappa shape index (κ2) is 9.95. The minimum absolute atomic E-state index is 0.118. The molecule has 3 aromatic rings. The Balaban J connectivity index is 1.96. The molecular formula is C25H28N2O5S. The van der Waals surface area contributed by atoms with Crippen LogP contribution in [0.25, 0.3) is 0 Å². The summed E-state index contributed by atoms with van der Waals surface area (Å²) in [7, 11) is -0.968. The first-order chi connectivity index (χ1) is 15.6. The van der Waals surface area contributed by atoms with Gasteiger partial charge in [-0.3, -0.25) is 9.10 Å². The van der Waals surface area contributed by atoms with Crippen molar-refractivity contribution < 1.29 is 22.7 Å². The molecule has 8 heteroatoms. The maximum atomic E-state index is 13.6. The average molecular weight is 469 g/mol. The maximum Gasteiger partial charge on any atom is 0.264 e. The van der Waals surface area contributed by atoms with Crippen LogP contribution in [0, 0.1) is 20.8 Å². The molecule has 3 aromatic carbocycles. The highest BCUT2D eigenvalue weighted by Gasteiger charge is 2.28. The zero-order valence-electron chi connectivity index (χ0n) is 19.4. The van der Waals surface area contributed by atoms with Gasteiger partial charge in [-0.2, -0.15) is 0 Å². The lowest BCUT2D eigenvalue weighted by Gasteiger charge is -2.26. The number of nitrogens with zero attached hydrogens (tertiary/aromatic N) is 1. The molecule has 1 N–H and O–H groups in total. The SMILES string of the molecule is COc1ccc(NC(=O)CN(c2ccc(C)cc2C)S(=O)(=O)c2ccc(C)cc2)cc1OC. The molecular weight excluding hydrogens is 440 g/mol. The van der Waals surface area contributed by atoms with Gasteiger partial charge >= 0.3 is 0 Å². The first kappa shape index (κ1) is 24.1. The molecule has 0 spiro atoms. The summed E-state index contributed by atoms with van der Waals surface area (Å²) < 4.78 is 38.8. The van der Waals surface area contributed by atoms with Gasteiger partial charge in [0.2, 0.25) is 5.91 Å². The topological polar surface area (TPSA) is 84.9 Å². The van der Waals surface area contributed by atoms with Gasteiger partial charge in [0.25, 0.3) is 10.0 Å². The van der Waals surface area contributed by atoms with Crippen molar-refractivity contribution in [3.8, 4) is 11.5 Å². The third-order valence-corrected chi connectivity index (χ3v) is 6.96. The van der Waals surface area contributed by atoms with Crippen molar-refractivity contribution in [3.05, 3.63) is 77.4 Å². The second-order valence-corrected chi connectivity index (χ2v) is 9.59. The van der Waals surface area contributed by atoms with Gasteiger partial charge in [-0.15, -0.1) is 0 Å². The molecule has 0 radical (unpaired) electrons. The largest absolute Gasteiger partial charge is 0.493 e. The Kier molecular flexibility index (Phi) is 7.28. The predicted molar refractivity (Wildman–Crippen MR) is 130 cm³/mol. The zero-order valence-corrected chi connectivity index (χ0v) is 20.2. The standard InChI is InChI=1S/C25H28N2O5S/c1-17-6-10-21(11-7-17)33(29,30)27(22-12-8-18(2)14-19(22)3)16-25(28)26-20-9-13-23(31-4)24(15-20)32-5/h6-15H,16H2,1-5H3,(H,26,28). The Morgan fingerprint density at radius 1 is 0.848 bits per heavy atom. The van der Waals surface area contributed by atoms with E-state index in [2.05, 4.69) is 5.32 Å². The summed E-state index contributed by atoms with van der Waals surface area (Å²) in [6.45, 7) is 5.24. The molecule has 0 saturated heterocycles. The van der Waals surface area contributed by atoms with Gasteiger partial charge in [0.05, 0.1) is 24.8 Å². The minimum atomic E-state index is -3.99. The quantitative estimate of drug-likeness (QED) is 0.528. The number of sulfonamides is 1. The molecule has 1 amide bonds. The van der Waals surface area contributed by atoms with E-state index in [-0.39, 0.29) is 4.90 Å². The number of anilines is 2. The zero-order chi connectivity index (χ0) is 24.2. The van der Waals surface area contributed by atoms with Gasteiger partial charge in [-0.05, 0) is 56.7 Å². The van der Waals surface area contributed by atoms with E-state index in [1.54, 1.807) is 48.5 Å². The number of rotatable bonds is 8. The van der Waals surface area contributed by atoms with Crippen LogP contribution in [-0.4, -0.2) is 35.1 Å². The number of nitrogens with one attached hydrogen (secondary N) is 1. The summed E-state index contributed by atoms with van der Waals surface area (Å²) in [4.78, 5) is 13.1. The van der Waals surface area contributed by atoms with Crippen LogP contribution >= 0.6 is 0 Å². The first-order valence-electron chi connectivity index (χ1n) is 10.3.